The lowest BCUT2D eigenvalue weighted by Gasteiger charge is -2.20. The molecule has 164 valence electrons. The van der Waals surface area contributed by atoms with E-state index in [0.29, 0.717) is 36.2 Å². The molecule has 0 fully saturated rings. The number of furan rings is 1. The number of benzene rings is 2. The van der Waals surface area contributed by atoms with Crippen molar-refractivity contribution in [3.63, 3.8) is 0 Å². The lowest BCUT2D eigenvalue weighted by atomic mass is 10.0. The van der Waals surface area contributed by atoms with E-state index >= 15 is 0 Å². The van der Waals surface area contributed by atoms with Crippen molar-refractivity contribution in [1.82, 2.24) is 15.2 Å². The minimum absolute atomic E-state index is 0.124. The first-order valence-electron chi connectivity index (χ1n) is 10.7. The summed E-state index contributed by atoms with van der Waals surface area (Å²) in [6.07, 6.45) is 3.12. The quantitative estimate of drug-likeness (QED) is 0.440. The number of amides is 2. The highest BCUT2D eigenvalue weighted by atomic mass is 16.3. The van der Waals surface area contributed by atoms with Gasteiger partial charge in [0.05, 0.1) is 5.56 Å². The number of fused-ring (bicyclic) bond motifs is 1. The first kappa shape index (κ1) is 21.4. The summed E-state index contributed by atoms with van der Waals surface area (Å²) in [6, 6.07) is 20.9. The molecule has 0 saturated carbocycles. The third kappa shape index (κ3) is 4.91. The Morgan fingerprint density at radius 1 is 1.00 bits per heavy atom. The first-order chi connectivity index (χ1) is 15.5. The molecule has 0 bridgehead atoms. The molecule has 0 unspecified atom stereocenters. The van der Waals surface area contributed by atoms with Gasteiger partial charge >= 0.3 is 0 Å². The van der Waals surface area contributed by atoms with Crippen LogP contribution in [0.2, 0.25) is 0 Å². The average Bonchev–Trinajstić information content (AvgIpc) is 3.38. The Balaban J connectivity index is 1.46. The molecule has 0 radical (unpaired) electrons. The predicted molar refractivity (Wildman–Crippen MR) is 125 cm³/mol. The van der Waals surface area contributed by atoms with Crippen LogP contribution in [0.15, 0.2) is 77.3 Å². The number of rotatable bonds is 8. The standard InChI is InChI=1S/C26H27N3O3/c1-18-16-22-21(10-6-12-24(22)32-18)25(30)28-20(17-19-8-4-3-5-9-19)13-14-27-26(31)23-11-7-15-29(23)2/h3-12,15-16,20H,13-14,17H2,1-2H3,(H,27,31)(H,28,30)/t20-/m1/s1. The van der Waals surface area contributed by atoms with Gasteiger partial charge in [-0.3, -0.25) is 9.59 Å². The van der Waals surface area contributed by atoms with Crippen molar-refractivity contribution in [2.75, 3.05) is 6.54 Å². The summed E-state index contributed by atoms with van der Waals surface area (Å²) in [5, 5.41) is 6.93. The second-order valence-electron chi connectivity index (χ2n) is 7.98. The van der Waals surface area contributed by atoms with Crippen molar-refractivity contribution < 1.29 is 14.0 Å². The maximum absolute atomic E-state index is 13.2. The monoisotopic (exact) mass is 429 g/mol. The van der Waals surface area contributed by atoms with Gasteiger partial charge in [0.25, 0.3) is 11.8 Å². The molecule has 1 atom stereocenters. The summed E-state index contributed by atoms with van der Waals surface area (Å²) >= 11 is 0. The van der Waals surface area contributed by atoms with Gasteiger partial charge in [0.15, 0.2) is 0 Å². The van der Waals surface area contributed by atoms with E-state index < -0.39 is 0 Å². The average molecular weight is 430 g/mol. The van der Waals surface area contributed by atoms with E-state index in [1.54, 1.807) is 10.6 Å². The topological polar surface area (TPSA) is 76.3 Å². The van der Waals surface area contributed by atoms with Gasteiger partial charge in [-0.15, -0.1) is 0 Å². The van der Waals surface area contributed by atoms with Gasteiger partial charge in [-0.25, -0.2) is 0 Å². The van der Waals surface area contributed by atoms with Crippen LogP contribution in [-0.4, -0.2) is 29.0 Å². The number of aromatic nitrogens is 1. The van der Waals surface area contributed by atoms with Gasteiger partial charge in [-0.05, 0) is 55.7 Å². The van der Waals surface area contributed by atoms with Crippen molar-refractivity contribution in [1.29, 1.82) is 0 Å². The number of nitrogens with one attached hydrogen (secondary N) is 2. The van der Waals surface area contributed by atoms with Crippen LogP contribution in [0.5, 0.6) is 0 Å². The fourth-order valence-electron chi connectivity index (χ4n) is 3.92. The van der Waals surface area contributed by atoms with Crippen molar-refractivity contribution in [3.8, 4) is 0 Å². The zero-order valence-electron chi connectivity index (χ0n) is 18.3. The van der Waals surface area contributed by atoms with Crippen molar-refractivity contribution in [2.24, 2.45) is 7.05 Å². The highest BCUT2D eigenvalue weighted by molar-refractivity contribution is 6.06. The Morgan fingerprint density at radius 3 is 2.56 bits per heavy atom. The predicted octanol–water partition coefficient (Wildman–Crippen LogP) is 4.24. The fourth-order valence-corrected chi connectivity index (χ4v) is 3.92. The van der Waals surface area contributed by atoms with E-state index in [4.69, 9.17) is 4.42 Å². The molecular weight excluding hydrogens is 402 g/mol. The van der Waals surface area contributed by atoms with Gasteiger partial charge < -0.3 is 19.6 Å². The molecule has 6 nitrogen and oxygen atoms in total. The van der Waals surface area contributed by atoms with E-state index in [2.05, 4.69) is 10.6 Å². The van der Waals surface area contributed by atoms with Gasteiger partial charge in [0.1, 0.15) is 17.0 Å². The van der Waals surface area contributed by atoms with E-state index in [0.717, 1.165) is 16.7 Å². The van der Waals surface area contributed by atoms with E-state index in [-0.39, 0.29) is 17.9 Å². The van der Waals surface area contributed by atoms with Gasteiger partial charge in [-0.1, -0.05) is 36.4 Å². The van der Waals surface area contributed by atoms with Crippen LogP contribution >= 0.6 is 0 Å². The van der Waals surface area contributed by atoms with Crippen LogP contribution in [0.3, 0.4) is 0 Å². The molecule has 2 aromatic carbocycles. The zero-order valence-corrected chi connectivity index (χ0v) is 18.3. The summed E-state index contributed by atoms with van der Waals surface area (Å²) in [5.74, 6) is 0.497. The highest BCUT2D eigenvalue weighted by Gasteiger charge is 2.18. The van der Waals surface area contributed by atoms with Crippen LogP contribution in [0.25, 0.3) is 11.0 Å². The van der Waals surface area contributed by atoms with Crippen LogP contribution in [0.4, 0.5) is 0 Å². The zero-order chi connectivity index (χ0) is 22.5. The van der Waals surface area contributed by atoms with Crippen LogP contribution < -0.4 is 10.6 Å². The second-order valence-corrected chi connectivity index (χ2v) is 7.98. The van der Waals surface area contributed by atoms with Crippen LogP contribution in [0, 0.1) is 6.92 Å². The highest BCUT2D eigenvalue weighted by Crippen LogP contribution is 2.23. The largest absolute Gasteiger partial charge is 0.461 e. The number of nitrogens with zero attached hydrogens (tertiary/aromatic N) is 1. The molecule has 6 heteroatoms. The lowest BCUT2D eigenvalue weighted by Crippen LogP contribution is -2.39. The Labute approximate surface area is 187 Å². The van der Waals surface area contributed by atoms with Gasteiger partial charge in [0.2, 0.25) is 0 Å². The molecule has 0 spiro atoms. The molecule has 0 aliphatic rings. The lowest BCUT2D eigenvalue weighted by molar-refractivity contribution is 0.0933. The molecule has 2 heterocycles. The van der Waals surface area contributed by atoms with Gasteiger partial charge in [-0.2, -0.15) is 0 Å². The Kier molecular flexibility index (Phi) is 6.40. The maximum Gasteiger partial charge on any atom is 0.267 e. The maximum atomic E-state index is 13.2. The molecule has 0 aliphatic heterocycles. The Morgan fingerprint density at radius 2 is 1.81 bits per heavy atom. The minimum Gasteiger partial charge on any atom is -0.461 e. The molecule has 2 aromatic heterocycles. The number of carbonyl (C=O) groups is 2. The van der Waals surface area contributed by atoms with Crippen molar-refractivity contribution in [2.45, 2.75) is 25.8 Å². The third-order valence-corrected chi connectivity index (χ3v) is 5.54. The van der Waals surface area contributed by atoms with Crippen molar-refractivity contribution >= 4 is 22.8 Å². The van der Waals surface area contributed by atoms with Crippen LogP contribution in [-0.2, 0) is 13.5 Å². The molecule has 0 saturated heterocycles. The van der Waals surface area contributed by atoms with E-state index in [1.165, 1.54) is 0 Å². The SMILES string of the molecule is Cc1cc2c(C(=O)N[C@H](CCNC(=O)c3cccn3C)Cc3ccccc3)cccc2o1. The first-order valence-corrected chi connectivity index (χ1v) is 10.7. The Hall–Kier alpha value is -3.80. The number of aryl methyl sites for hydroxylation is 2. The summed E-state index contributed by atoms with van der Waals surface area (Å²) < 4.78 is 7.45. The fraction of sp³-hybridized carbons (Fsp3) is 0.231. The summed E-state index contributed by atoms with van der Waals surface area (Å²) in [4.78, 5) is 25.6. The van der Waals surface area contributed by atoms with Crippen LogP contribution in [0.1, 0.15) is 38.6 Å². The third-order valence-electron chi connectivity index (χ3n) is 5.54. The summed E-state index contributed by atoms with van der Waals surface area (Å²) in [7, 11) is 1.84. The Bertz CT molecular complexity index is 1220. The molecule has 2 N–H and O–H groups in total. The van der Waals surface area contributed by atoms with Gasteiger partial charge in [0, 0.05) is 31.2 Å². The smallest absolute Gasteiger partial charge is 0.267 e. The molecule has 4 rings (SSSR count). The molecule has 0 aliphatic carbocycles. The second kappa shape index (κ2) is 9.56. The molecular formula is C26H27N3O3. The number of hydrogen-bond donors (Lipinski definition) is 2. The summed E-state index contributed by atoms with van der Waals surface area (Å²) in [5.41, 5.74) is 3.02. The van der Waals surface area contributed by atoms with Crippen molar-refractivity contribution in [3.05, 3.63) is 95.5 Å². The number of hydrogen-bond acceptors (Lipinski definition) is 3. The number of carbonyl (C=O) groups excluding carboxylic acids is 2. The normalized spacial score (nSPS) is 11.9. The van der Waals surface area contributed by atoms with E-state index in [1.807, 2.05) is 80.8 Å². The molecule has 32 heavy (non-hydrogen) atoms. The molecule has 4 aromatic rings. The summed E-state index contributed by atoms with van der Waals surface area (Å²) in [6.45, 7) is 2.33. The van der Waals surface area contributed by atoms with E-state index in [9.17, 15) is 9.59 Å². The minimum atomic E-state index is -0.147. The molecule has 2 amide bonds.